The van der Waals surface area contributed by atoms with E-state index in [0.29, 0.717) is 58.4 Å². The van der Waals surface area contributed by atoms with Crippen molar-refractivity contribution in [1.29, 1.82) is 5.26 Å². The first kappa shape index (κ1) is 22.8. The van der Waals surface area contributed by atoms with Gasteiger partial charge in [0.25, 0.3) is 0 Å². The third kappa shape index (κ3) is 4.81. The second-order valence-electron chi connectivity index (χ2n) is 8.87. The van der Waals surface area contributed by atoms with Gasteiger partial charge in [0.1, 0.15) is 17.9 Å². The zero-order valence-corrected chi connectivity index (χ0v) is 19.3. The van der Waals surface area contributed by atoms with Crippen LogP contribution >= 0.6 is 0 Å². The van der Waals surface area contributed by atoms with Crippen LogP contribution in [0, 0.1) is 11.3 Å². The molecule has 0 spiro atoms. The van der Waals surface area contributed by atoms with Gasteiger partial charge in [-0.25, -0.2) is 9.97 Å². The van der Waals surface area contributed by atoms with Crippen LogP contribution in [0.1, 0.15) is 44.1 Å². The van der Waals surface area contributed by atoms with E-state index in [0.717, 1.165) is 38.5 Å². The van der Waals surface area contributed by atoms with Crippen molar-refractivity contribution < 1.29 is 14.3 Å². The van der Waals surface area contributed by atoms with Crippen molar-refractivity contribution in [1.82, 2.24) is 15.0 Å². The lowest BCUT2D eigenvalue weighted by Crippen LogP contribution is -2.36. The highest BCUT2D eigenvalue weighted by atomic mass is 16.5. The SMILES string of the molecule is N#Cc1cnc2cc(OC3CCOC3)c(N)cc2c1Nc1cnc(N(C=O)C2CCCCC2)nc1. The molecule has 1 unspecified atom stereocenters. The summed E-state index contributed by atoms with van der Waals surface area (Å²) >= 11 is 0. The number of nitrogen functional groups attached to an aromatic ring is 1. The van der Waals surface area contributed by atoms with Gasteiger partial charge in [0, 0.05) is 30.1 Å². The average molecular weight is 474 g/mol. The van der Waals surface area contributed by atoms with Gasteiger partial charge in [0.05, 0.1) is 53.7 Å². The van der Waals surface area contributed by atoms with Gasteiger partial charge in [-0.15, -0.1) is 0 Å². The number of hydrogen-bond donors (Lipinski definition) is 2. The van der Waals surface area contributed by atoms with Gasteiger partial charge < -0.3 is 20.5 Å². The van der Waals surface area contributed by atoms with Crippen molar-refractivity contribution in [2.24, 2.45) is 0 Å². The summed E-state index contributed by atoms with van der Waals surface area (Å²) in [4.78, 5) is 26.6. The van der Waals surface area contributed by atoms with E-state index in [4.69, 9.17) is 15.2 Å². The number of fused-ring (bicyclic) bond motifs is 1. The van der Waals surface area contributed by atoms with Gasteiger partial charge in [-0.2, -0.15) is 5.26 Å². The Morgan fingerprint density at radius 3 is 2.63 bits per heavy atom. The Morgan fingerprint density at radius 1 is 1.14 bits per heavy atom. The maximum absolute atomic E-state index is 11.7. The molecule has 10 heteroatoms. The average Bonchev–Trinajstić information content (AvgIpc) is 3.40. The number of nitrogens with one attached hydrogen (secondary N) is 1. The lowest BCUT2D eigenvalue weighted by molar-refractivity contribution is -0.108. The number of rotatable bonds is 7. The molecule has 0 bridgehead atoms. The summed E-state index contributed by atoms with van der Waals surface area (Å²) in [7, 11) is 0. The fourth-order valence-corrected chi connectivity index (χ4v) is 4.66. The van der Waals surface area contributed by atoms with E-state index in [9.17, 15) is 10.1 Å². The number of nitrogens with zero attached hydrogens (tertiary/aromatic N) is 5. The highest BCUT2D eigenvalue weighted by Gasteiger charge is 2.23. The second-order valence-corrected chi connectivity index (χ2v) is 8.87. The number of nitrogens with two attached hydrogens (primary N) is 1. The van der Waals surface area contributed by atoms with Crippen LogP contribution in [0.5, 0.6) is 5.75 Å². The summed E-state index contributed by atoms with van der Waals surface area (Å²) in [5, 5.41) is 13.6. The molecule has 1 saturated carbocycles. The monoisotopic (exact) mass is 473 g/mol. The van der Waals surface area contributed by atoms with E-state index in [-0.39, 0.29) is 12.1 Å². The van der Waals surface area contributed by atoms with Crippen molar-refractivity contribution in [3.63, 3.8) is 0 Å². The summed E-state index contributed by atoms with van der Waals surface area (Å²) in [6.07, 6.45) is 11.6. The maximum Gasteiger partial charge on any atom is 0.232 e. The molecule has 10 nitrogen and oxygen atoms in total. The molecule has 180 valence electrons. The minimum absolute atomic E-state index is 0.0408. The number of pyridine rings is 1. The Balaban J connectivity index is 1.42. The fourth-order valence-electron chi connectivity index (χ4n) is 4.66. The van der Waals surface area contributed by atoms with Gasteiger partial charge in [-0.1, -0.05) is 19.3 Å². The topological polar surface area (TPSA) is 139 Å². The van der Waals surface area contributed by atoms with Crippen LogP contribution in [0.25, 0.3) is 10.9 Å². The molecule has 1 amide bonds. The quantitative estimate of drug-likeness (QED) is 0.388. The number of carbonyl (C=O) groups is 1. The Hall–Kier alpha value is -3.97. The molecule has 2 aromatic heterocycles. The van der Waals surface area contributed by atoms with Crippen molar-refractivity contribution in [2.75, 3.05) is 29.2 Å². The molecule has 1 aliphatic carbocycles. The summed E-state index contributed by atoms with van der Waals surface area (Å²) < 4.78 is 11.4. The van der Waals surface area contributed by atoms with Gasteiger partial charge in [0.2, 0.25) is 12.4 Å². The predicted octanol–water partition coefficient (Wildman–Crippen LogP) is 3.69. The first-order chi connectivity index (χ1) is 17.2. The molecule has 2 aliphatic rings. The van der Waals surface area contributed by atoms with Crippen LogP contribution in [0.4, 0.5) is 23.0 Å². The van der Waals surface area contributed by atoms with E-state index < -0.39 is 0 Å². The van der Waals surface area contributed by atoms with Crippen LogP contribution in [-0.4, -0.2) is 46.7 Å². The van der Waals surface area contributed by atoms with Gasteiger partial charge >= 0.3 is 0 Å². The maximum atomic E-state index is 11.7. The van der Waals surface area contributed by atoms with E-state index >= 15 is 0 Å². The highest BCUT2D eigenvalue weighted by Crippen LogP contribution is 2.35. The van der Waals surface area contributed by atoms with E-state index in [1.807, 2.05) is 0 Å². The van der Waals surface area contributed by atoms with Crippen molar-refractivity contribution in [3.05, 3.63) is 36.3 Å². The largest absolute Gasteiger partial charge is 0.486 e. The lowest BCUT2D eigenvalue weighted by Gasteiger charge is -2.29. The van der Waals surface area contributed by atoms with E-state index in [1.165, 1.54) is 12.6 Å². The summed E-state index contributed by atoms with van der Waals surface area (Å²) in [6, 6.07) is 5.83. The number of aromatic nitrogens is 3. The van der Waals surface area contributed by atoms with Gasteiger partial charge in [0.15, 0.2) is 0 Å². The third-order valence-corrected chi connectivity index (χ3v) is 6.52. The molecule has 3 heterocycles. The van der Waals surface area contributed by atoms with Crippen molar-refractivity contribution in [2.45, 2.75) is 50.7 Å². The zero-order valence-electron chi connectivity index (χ0n) is 19.3. The molecule has 1 aromatic carbocycles. The normalized spacial score (nSPS) is 18.2. The minimum atomic E-state index is -0.0408. The number of anilines is 4. The minimum Gasteiger partial charge on any atom is -0.486 e. The number of hydrogen-bond acceptors (Lipinski definition) is 9. The molecule has 0 radical (unpaired) electrons. The van der Waals surface area contributed by atoms with Crippen molar-refractivity contribution >= 4 is 40.3 Å². The fraction of sp³-hybridized carbons (Fsp3) is 0.400. The molecule has 5 rings (SSSR count). The molecular formula is C25H27N7O3. The Kier molecular flexibility index (Phi) is 6.59. The van der Waals surface area contributed by atoms with Gasteiger partial charge in [-0.05, 0) is 18.9 Å². The number of ether oxygens (including phenoxy) is 2. The standard InChI is InChI=1S/C25H27N7O3/c26-10-16-11-28-22-9-23(35-19-6-7-34-14-19)21(27)8-20(22)24(16)31-17-12-29-25(30-13-17)32(15-33)18-4-2-1-3-5-18/h8-9,11-13,15,18-19H,1-7,14,27H2,(H,28,31). The molecular weight excluding hydrogens is 446 g/mol. The molecule has 2 fully saturated rings. The Labute approximate surface area is 203 Å². The number of carbonyl (C=O) groups excluding carboxylic acids is 1. The molecule has 1 aliphatic heterocycles. The molecule has 1 saturated heterocycles. The highest BCUT2D eigenvalue weighted by molar-refractivity contribution is 5.98. The Bertz CT molecular complexity index is 1250. The summed E-state index contributed by atoms with van der Waals surface area (Å²) in [5.41, 5.74) is 8.86. The van der Waals surface area contributed by atoms with Crippen molar-refractivity contribution in [3.8, 4) is 11.8 Å². The first-order valence-electron chi connectivity index (χ1n) is 11.9. The third-order valence-electron chi connectivity index (χ3n) is 6.52. The van der Waals surface area contributed by atoms with E-state index in [2.05, 4.69) is 26.3 Å². The number of nitriles is 1. The number of benzene rings is 1. The molecule has 3 N–H and O–H groups in total. The zero-order chi connectivity index (χ0) is 24.2. The van der Waals surface area contributed by atoms with Gasteiger partial charge in [-0.3, -0.25) is 14.7 Å². The second kappa shape index (κ2) is 10.1. The van der Waals surface area contributed by atoms with Crippen LogP contribution in [0.2, 0.25) is 0 Å². The summed E-state index contributed by atoms with van der Waals surface area (Å²) in [5.74, 6) is 0.917. The van der Waals surface area contributed by atoms with E-state index in [1.54, 1.807) is 29.4 Å². The first-order valence-corrected chi connectivity index (χ1v) is 11.9. The van der Waals surface area contributed by atoms with Crippen LogP contribution < -0.4 is 20.7 Å². The van der Waals surface area contributed by atoms with Crippen LogP contribution in [0.3, 0.4) is 0 Å². The molecule has 1 atom stereocenters. The molecule has 3 aromatic rings. The Morgan fingerprint density at radius 2 is 1.94 bits per heavy atom. The lowest BCUT2D eigenvalue weighted by atomic mass is 9.95. The smallest absolute Gasteiger partial charge is 0.232 e. The van der Waals surface area contributed by atoms with Crippen LogP contribution in [-0.2, 0) is 9.53 Å². The van der Waals surface area contributed by atoms with Crippen LogP contribution in [0.15, 0.2) is 30.7 Å². The predicted molar refractivity (Wildman–Crippen MR) is 131 cm³/mol. The number of amides is 1. The molecule has 35 heavy (non-hydrogen) atoms. The summed E-state index contributed by atoms with van der Waals surface area (Å²) in [6.45, 7) is 1.20.